The highest BCUT2D eigenvalue weighted by Crippen LogP contribution is 2.26. The highest BCUT2D eigenvalue weighted by atomic mass is 28.3. The van der Waals surface area contributed by atoms with Gasteiger partial charge in [-0.2, -0.15) is 0 Å². The standard InChI is InChI=1S/C10H13O3Si/c1-4-14(3)13-10-6-8(11)5-9(7-10)12-2/h4-7,11H,1H2,2-3H3. The normalized spacial score (nSPS) is 9.93. The Bertz CT molecular complexity index is 325. The topological polar surface area (TPSA) is 38.7 Å². The molecule has 14 heavy (non-hydrogen) atoms. The lowest BCUT2D eigenvalue weighted by atomic mass is 10.3. The van der Waals surface area contributed by atoms with Gasteiger partial charge in [0.15, 0.2) is 0 Å². The fraction of sp³-hybridized carbons (Fsp3) is 0.200. The van der Waals surface area contributed by atoms with Crippen LogP contribution < -0.4 is 9.16 Å². The van der Waals surface area contributed by atoms with Gasteiger partial charge in [-0.3, -0.25) is 0 Å². The smallest absolute Gasteiger partial charge is 0.305 e. The molecule has 1 aromatic rings. The van der Waals surface area contributed by atoms with Crippen LogP contribution in [0.15, 0.2) is 30.5 Å². The monoisotopic (exact) mass is 209 g/mol. The van der Waals surface area contributed by atoms with Gasteiger partial charge in [0, 0.05) is 18.2 Å². The van der Waals surface area contributed by atoms with E-state index in [1.807, 2.05) is 6.55 Å². The summed E-state index contributed by atoms with van der Waals surface area (Å²) in [5.41, 5.74) is 1.78. The van der Waals surface area contributed by atoms with Gasteiger partial charge < -0.3 is 14.3 Å². The van der Waals surface area contributed by atoms with Gasteiger partial charge in [0.05, 0.1) is 7.11 Å². The van der Waals surface area contributed by atoms with Crippen molar-refractivity contribution in [2.45, 2.75) is 6.55 Å². The van der Waals surface area contributed by atoms with E-state index < -0.39 is 9.04 Å². The first-order valence-corrected chi connectivity index (χ1v) is 6.16. The summed E-state index contributed by atoms with van der Waals surface area (Å²) in [6.07, 6.45) is 0. The largest absolute Gasteiger partial charge is 0.538 e. The molecular formula is C10H13O3Si. The minimum atomic E-state index is -1.03. The Balaban J connectivity index is 2.86. The van der Waals surface area contributed by atoms with E-state index in [9.17, 15) is 5.11 Å². The zero-order chi connectivity index (χ0) is 10.6. The summed E-state index contributed by atoms with van der Waals surface area (Å²) in [6.45, 7) is 5.61. The molecule has 0 aliphatic heterocycles. The van der Waals surface area contributed by atoms with Gasteiger partial charge >= 0.3 is 9.04 Å². The highest BCUT2D eigenvalue weighted by molar-refractivity contribution is 6.56. The van der Waals surface area contributed by atoms with Gasteiger partial charge in [-0.1, -0.05) is 5.70 Å². The molecule has 0 aromatic heterocycles. The number of hydrogen-bond donors (Lipinski definition) is 1. The van der Waals surface area contributed by atoms with Crippen LogP contribution in [0.4, 0.5) is 0 Å². The maximum atomic E-state index is 9.34. The zero-order valence-electron chi connectivity index (χ0n) is 8.28. The molecule has 0 saturated carbocycles. The predicted octanol–water partition coefficient (Wildman–Crippen LogP) is 2.13. The molecule has 0 unspecified atom stereocenters. The summed E-state index contributed by atoms with van der Waals surface area (Å²) >= 11 is 0. The Hall–Kier alpha value is -1.42. The number of ether oxygens (including phenoxy) is 1. The first-order chi connectivity index (χ1) is 6.65. The fourth-order valence-corrected chi connectivity index (χ4v) is 1.53. The Kier molecular flexibility index (Phi) is 3.59. The molecule has 75 valence electrons. The molecule has 0 aliphatic carbocycles. The minimum Gasteiger partial charge on any atom is -0.538 e. The van der Waals surface area contributed by atoms with Crippen molar-refractivity contribution in [2.75, 3.05) is 7.11 Å². The van der Waals surface area contributed by atoms with Crippen molar-refractivity contribution >= 4 is 9.04 Å². The van der Waals surface area contributed by atoms with E-state index in [1.54, 1.807) is 24.9 Å². The fourth-order valence-electron chi connectivity index (χ4n) is 0.961. The number of aromatic hydroxyl groups is 1. The number of benzene rings is 1. The van der Waals surface area contributed by atoms with Crippen LogP contribution in [0.2, 0.25) is 6.55 Å². The van der Waals surface area contributed by atoms with Crippen molar-refractivity contribution in [2.24, 2.45) is 0 Å². The molecule has 0 fully saturated rings. The number of phenolic OH excluding ortho intramolecular Hbond substituents is 1. The van der Waals surface area contributed by atoms with Crippen molar-refractivity contribution in [1.29, 1.82) is 0 Å². The van der Waals surface area contributed by atoms with Crippen LogP contribution >= 0.6 is 0 Å². The van der Waals surface area contributed by atoms with E-state index in [0.29, 0.717) is 11.5 Å². The molecular weight excluding hydrogens is 196 g/mol. The van der Waals surface area contributed by atoms with Crippen LogP contribution in [-0.4, -0.2) is 21.3 Å². The minimum absolute atomic E-state index is 0.137. The van der Waals surface area contributed by atoms with E-state index in [4.69, 9.17) is 9.16 Å². The van der Waals surface area contributed by atoms with Crippen LogP contribution in [-0.2, 0) is 0 Å². The van der Waals surface area contributed by atoms with Gasteiger partial charge in [-0.15, -0.1) is 6.58 Å². The lowest BCUT2D eigenvalue weighted by Crippen LogP contribution is -2.13. The summed E-state index contributed by atoms with van der Waals surface area (Å²) in [5, 5.41) is 9.34. The molecule has 0 aliphatic rings. The highest BCUT2D eigenvalue weighted by Gasteiger charge is 2.05. The molecule has 1 N–H and O–H groups in total. The molecule has 0 atom stereocenters. The van der Waals surface area contributed by atoms with Crippen LogP contribution in [0, 0.1) is 0 Å². The molecule has 4 heteroatoms. The second-order valence-corrected chi connectivity index (χ2v) is 4.62. The van der Waals surface area contributed by atoms with Crippen molar-refractivity contribution in [3.05, 3.63) is 30.5 Å². The SMILES string of the molecule is C=C[Si](C)Oc1cc(O)cc(OC)c1. The third kappa shape index (κ3) is 2.81. The molecule has 0 heterocycles. The van der Waals surface area contributed by atoms with Crippen molar-refractivity contribution in [3.8, 4) is 17.2 Å². The van der Waals surface area contributed by atoms with E-state index in [-0.39, 0.29) is 5.75 Å². The number of rotatable bonds is 4. The Morgan fingerprint density at radius 2 is 2.00 bits per heavy atom. The quantitative estimate of drug-likeness (QED) is 0.772. The van der Waals surface area contributed by atoms with Gasteiger partial charge in [-0.25, -0.2) is 0 Å². The molecule has 3 nitrogen and oxygen atoms in total. The van der Waals surface area contributed by atoms with Crippen LogP contribution in [0.3, 0.4) is 0 Å². The van der Waals surface area contributed by atoms with E-state index in [1.165, 1.54) is 6.07 Å². The van der Waals surface area contributed by atoms with E-state index in [2.05, 4.69) is 6.58 Å². The summed E-state index contributed by atoms with van der Waals surface area (Å²) in [4.78, 5) is 0. The average molecular weight is 209 g/mol. The summed E-state index contributed by atoms with van der Waals surface area (Å²) in [7, 11) is 0.520. The molecule has 0 amide bonds. The molecule has 1 aromatic carbocycles. The average Bonchev–Trinajstić information content (AvgIpc) is 2.16. The predicted molar refractivity (Wildman–Crippen MR) is 57.1 cm³/mol. The van der Waals surface area contributed by atoms with Gasteiger partial charge in [-0.05, 0) is 6.55 Å². The number of phenols is 1. The van der Waals surface area contributed by atoms with Crippen LogP contribution in [0.5, 0.6) is 17.2 Å². The summed E-state index contributed by atoms with van der Waals surface area (Å²) < 4.78 is 10.5. The van der Waals surface area contributed by atoms with Crippen LogP contribution in [0.1, 0.15) is 0 Å². The second kappa shape index (κ2) is 4.71. The van der Waals surface area contributed by atoms with Crippen molar-refractivity contribution < 1.29 is 14.3 Å². The number of hydrogen-bond acceptors (Lipinski definition) is 3. The Morgan fingerprint density at radius 1 is 1.36 bits per heavy atom. The third-order valence-corrected chi connectivity index (χ3v) is 2.80. The first-order valence-electron chi connectivity index (χ1n) is 4.17. The molecule has 0 spiro atoms. The van der Waals surface area contributed by atoms with Crippen molar-refractivity contribution in [1.82, 2.24) is 0 Å². The third-order valence-electron chi connectivity index (χ3n) is 1.67. The molecule has 1 radical (unpaired) electrons. The summed E-state index contributed by atoms with van der Waals surface area (Å²) in [6, 6.07) is 4.82. The number of methoxy groups -OCH3 is 1. The van der Waals surface area contributed by atoms with Crippen molar-refractivity contribution in [3.63, 3.8) is 0 Å². The van der Waals surface area contributed by atoms with Crippen LogP contribution in [0.25, 0.3) is 0 Å². The van der Waals surface area contributed by atoms with Gasteiger partial charge in [0.25, 0.3) is 0 Å². The molecule has 1 rings (SSSR count). The maximum absolute atomic E-state index is 9.34. The lowest BCUT2D eigenvalue weighted by Gasteiger charge is -2.10. The van der Waals surface area contributed by atoms with Gasteiger partial charge in [0.1, 0.15) is 17.2 Å². The summed E-state index contributed by atoms with van der Waals surface area (Å²) in [5.74, 6) is 1.33. The van der Waals surface area contributed by atoms with E-state index >= 15 is 0 Å². The second-order valence-electron chi connectivity index (χ2n) is 2.78. The first kappa shape index (κ1) is 10.7. The molecule has 0 bridgehead atoms. The zero-order valence-corrected chi connectivity index (χ0v) is 9.28. The Labute approximate surface area is 85.3 Å². The van der Waals surface area contributed by atoms with E-state index in [0.717, 1.165) is 0 Å². The molecule has 0 saturated heterocycles. The van der Waals surface area contributed by atoms with Gasteiger partial charge in [0.2, 0.25) is 0 Å². The Morgan fingerprint density at radius 3 is 2.57 bits per heavy atom. The lowest BCUT2D eigenvalue weighted by molar-refractivity contribution is 0.404. The maximum Gasteiger partial charge on any atom is 0.305 e.